The molecule has 2 aromatic rings. The highest BCUT2D eigenvalue weighted by Crippen LogP contribution is 2.34. The summed E-state index contributed by atoms with van der Waals surface area (Å²) in [5.74, 6) is -0.601. The molecule has 0 aliphatic rings. The maximum atomic E-state index is 13.6. The third-order valence-corrected chi connectivity index (χ3v) is 3.15. The summed E-state index contributed by atoms with van der Waals surface area (Å²) in [7, 11) is 0. The Morgan fingerprint density at radius 1 is 1.10 bits per heavy atom. The molecule has 0 heterocycles. The molecule has 0 unspecified atom stereocenters. The summed E-state index contributed by atoms with van der Waals surface area (Å²) in [4.78, 5) is 0. The maximum Gasteiger partial charge on any atom is 0.417 e. The lowest BCUT2D eigenvalue weighted by Gasteiger charge is -2.13. The van der Waals surface area contributed by atoms with E-state index >= 15 is 0 Å². The van der Waals surface area contributed by atoms with Gasteiger partial charge in [-0.3, -0.25) is 0 Å². The molecule has 2 aromatic carbocycles. The molecule has 0 fully saturated rings. The number of halogens is 5. The number of nitrogens with one attached hydrogen (secondary N) is 1. The highest BCUT2D eigenvalue weighted by molar-refractivity contribution is 9.10. The van der Waals surface area contributed by atoms with Crippen molar-refractivity contribution in [3.63, 3.8) is 0 Å². The van der Waals surface area contributed by atoms with E-state index in [0.29, 0.717) is 4.47 Å². The van der Waals surface area contributed by atoms with Gasteiger partial charge in [0, 0.05) is 10.2 Å². The maximum absolute atomic E-state index is 13.6. The predicted octanol–water partition coefficient (Wildman–Crippen LogP) is 5.22. The first-order valence-electron chi connectivity index (χ1n) is 5.64. The number of alkyl halides is 3. The molecular formula is C14H7BrF4N2. The van der Waals surface area contributed by atoms with E-state index in [9.17, 15) is 17.6 Å². The Labute approximate surface area is 126 Å². The van der Waals surface area contributed by atoms with Crippen molar-refractivity contribution in [2.45, 2.75) is 6.18 Å². The van der Waals surface area contributed by atoms with Crippen LogP contribution in [0.3, 0.4) is 0 Å². The fourth-order valence-corrected chi connectivity index (χ4v) is 2.06. The van der Waals surface area contributed by atoms with E-state index < -0.39 is 23.1 Å². The van der Waals surface area contributed by atoms with Crippen molar-refractivity contribution >= 4 is 27.3 Å². The molecule has 0 radical (unpaired) electrons. The molecule has 2 nitrogen and oxygen atoms in total. The summed E-state index contributed by atoms with van der Waals surface area (Å²) in [5.41, 5.74) is -1.48. The second-order valence-corrected chi connectivity index (χ2v) is 5.03. The van der Waals surface area contributed by atoms with Crippen molar-refractivity contribution in [1.82, 2.24) is 0 Å². The molecule has 0 aliphatic heterocycles. The minimum atomic E-state index is -4.65. The second-order valence-electron chi connectivity index (χ2n) is 4.12. The van der Waals surface area contributed by atoms with Crippen molar-refractivity contribution in [2.24, 2.45) is 0 Å². The van der Waals surface area contributed by atoms with E-state index in [1.54, 1.807) is 0 Å². The number of rotatable bonds is 2. The van der Waals surface area contributed by atoms with Crippen LogP contribution < -0.4 is 5.32 Å². The lowest BCUT2D eigenvalue weighted by Crippen LogP contribution is -2.08. The summed E-state index contributed by atoms with van der Waals surface area (Å²) in [6.45, 7) is 0. The SMILES string of the molecule is N#Cc1ccc(Nc2cc(Br)ccc2F)cc1C(F)(F)F. The summed E-state index contributed by atoms with van der Waals surface area (Å²) >= 11 is 3.15. The Morgan fingerprint density at radius 3 is 2.43 bits per heavy atom. The van der Waals surface area contributed by atoms with E-state index in [1.165, 1.54) is 30.3 Å². The van der Waals surface area contributed by atoms with Gasteiger partial charge in [-0.25, -0.2) is 4.39 Å². The van der Waals surface area contributed by atoms with Gasteiger partial charge >= 0.3 is 6.18 Å². The number of hydrogen-bond donors (Lipinski definition) is 1. The topological polar surface area (TPSA) is 35.8 Å². The molecular weight excluding hydrogens is 352 g/mol. The second kappa shape index (κ2) is 5.74. The molecule has 0 aromatic heterocycles. The molecule has 0 atom stereocenters. The number of anilines is 2. The Morgan fingerprint density at radius 2 is 1.81 bits per heavy atom. The fourth-order valence-electron chi connectivity index (χ4n) is 1.70. The quantitative estimate of drug-likeness (QED) is 0.746. The number of benzene rings is 2. The Bertz CT molecular complexity index is 720. The van der Waals surface area contributed by atoms with Gasteiger partial charge in [-0.15, -0.1) is 0 Å². The Hall–Kier alpha value is -2.07. The molecule has 21 heavy (non-hydrogen) atoms. The molecule has 2 rings (SSSR count). The molecule has 0 amide bonds. The average molecular weight is 359 g/mol. The van der Waals surface area contributed by atoms with Gasteiger partial charge in [0.05, 0.1) is 22.9 Å². The van der Waals surface area contributed by atoms with Gasteiger partial charge in [0.15, 0.2) is 0 Å². The van der Waals surface area contributed by atoms with Crippen LogP contribution in [0.25, 0.3) is 0 Å². The minimum absolute atomic E-state index is 0.0298. The molecule has 0 spiro atoms. The third-order valence-electron chi connectivity index (χ3n) is 2.65. The van der Waals surface area contributed by atoms with Gasteiger partial charge in [0.2, 0.25) is 0 Å². The highest BCUT2D eigenvalue weighted by Gasteiger charge is 2.33. The van der Waals surface area contributed by atoms with Crippen LogP contribution in [0.5, 0.6) is 0 Å². The Balaban J connectivity index is 2.42. The van der Waals surface area contributed by atoms with Crippen LogP contribution in [0.15, 0.2) is 40.9 Å². The third kappa shape index (κ3) is 3.52. The zero-order chi connectivity index (χ0) is 15.6. The number of nitriles is 1. The zero-order valence-corrected chi connectivity index (χ0v) is 11.9. The monoisotopic (exact) mass is 358 g/mol. The lowest BCUT2D eigenvalue weighted by atomic mass is 10.1. The zero-order valence-electron chi connectivity index (χ0n) is 10.3. The first-order valence-corrected chi connectivity index (χ1v) is 6.44. The van der Waals surface area contributed by atoms with Gasteiger partial charge in [-0.1, -0.05) is 15.9 Å². The molecule has 1 N–H and O–H groups in total. The fraction of sp³-hybridized carbons (Fsp3) is 0.0714. The highest BCUT2D eigenvalue weighted by atomic mass is 79.9. The van der Waals surface area contributed by atoms with Crippen LogP contribution in [0.1, 0.15) is 11.1 Å². The summed E-state index contributed by atoms with van der Waals surface area (Å²) in [5, 5.41) is 11.3. The van der Waals surface area contributed by atoms with E-state index in [-0.39, 0.29) is 11.4 Å². The largest absolute Gasteiger partial charge is 0.417 e. The van der Waals surface area contributed by atoms with Gasteiger partial charge in [-0.2, -0.15) is 18.4 Å². The molecule has 7 heteroatoms. The molecule has 108 valence electrons. The van der Waals surface area contributed by atoms with Crippen LogP contribution in [-0.4, -0.2) is 0 Å². The van der Waals surface area contributed by atoms with Gasteiger partial charge in [0.25, 0.3) is 0 Å². The van der Waals surface area contributed by atoms with Crippen LogP contribution in [0.4, 0.5) is 28.9 Å². The van der Waals surface area contributed by atoms with Crippen LogP contribution >= 0.6 is 15.9 Å². The normalized spacial score (nSPS) is 11.0. The van der Waals surface area contributed by atoms with E-state index in [2.05, 4.69) is 21.2 Å². The first kappa shape index (κ1) is 15.3. The summed E-state index contributed by atoms with van der Waals surface area (Å²) in [6.07, 6.45) is -4.65. The average Bonchev–Trinajstić information content (AvgIpc) is 2.42. The molecule has 0 bridgehead atoms. The van der Waals surface area contributed by atoms with E-state index in [0.717, 1.165) is 12.1 Å². The van der Waals surface area contributed by atoms with Gasteiger partial charge in [-0.05, 0) is 36.4 Å². The van der Waals surface area contributed by atoms with Crippen molar-refractivity contribution in [1.29, 1.82) is 5.26 Å². The smallest absolute Gasteiger partial charge is 0.353 e. The van der Waals surface area contributed by atoms with Crippen molar-refractivity contribution in [2.75, 3.05) is 5.32 Å². The summed E-state index contributed by atoms with van der Waals surface area (Å²) < 4.78 is 52.7. The lowest BCUT2D eigenvalue weighted by molar-refractivity contribution is -0.137. The number of nitrogens with zero attached hydrogens (tertiary/aromatic N) is 1. The van der Waals surface area contributed by atoms with Gasteiger partial charge < -0.3 is 5.32 Å². The standard InChI is InChI=1S/C14H7BrF4N2/c15-9-2-4-12(16)13(5-9)21-10-3-1-8(7-20)11(6-10)14(17,18)19/h1-6,21H. The number of hydrogen-bond acceptors (Lipinski definition) is 2. The minimum Gasteiger partial charge on any atom is -0.353 e. The van der Waals surface area contributed by atoms with Gasteiger partial charge in [0.1, 0.15) is 5.82 Å². The first-order chi connectivity index (χ1) is 9.81. The van der Waals surface area contributed by atoms with Crippen molar-refractivity contribution in [3.05, 3.63) is 57.8 Å². The van der Waals surface area contributed by atoms with Crippen LogP contribution in [0.2, 0.25) is 0 Å². The molecule has 0 saturated heterocycles. The Kier molecular flexibility index (Phi) is 4.19. The molecule has 0 saturated carbocycles. The van der Waals surface area contributed by atoms with Crippen molar-refractivity contribution in [3.8, 4) is 6.07 Å². The molecule has 0 aliphatic carbocycles. The summed E-state index contributed by atoms with van der Waals surface area (Å²) in [6, 6.07) is 8.65. The van der Waals surface area contributed by atoms with Crippen molar-refractivity contribution < 1.29 is 17.6 Å². The van der Waals surface area contributed by atoms with Crippen LogP contribution in [-0.2, 0) is 6.18 Å². The van der Waals surface area contributed by atoms with E-state index in [4.69, 9.17) is 5.26 Å². The predicted molar refractivity (Wildman–Crippen MR) is 73.5 cm³/mol. The van der Waals surface area contributed by atoms with E-state index in [1.807, 2.05) is 0 Å². The van der Waals surface area contributed by atoms with Crippen LogP contribution in [0, 0.1) is 17.1 Å².